The van der Waals surface area contributed by atoms with Gasteiger partial charge >= 0.3 is 0 Å². The van der Waals surface area contributed by atoms with Gasteiger partial charge in [0.15, 0.2) is 0 Å². The number of aromatic nitrogens is 1. The van der Waals surface area contributed by atoms with Crippen molar-refractivity contribution < 1.29 is 32.3 Å². The lowest BCUT2D eigenvalue weighted by Crippen LogP contribution is -2.56. The molecule has 276 valence electrons. The maximum Gasteiger partial charge on any atom is 0.264 e. The Hall–Kier alpha value is -5.23. The predicted molar refractivity (Wildman–Crippen MR) is 201 cm³/mol. The van der Waals surface area contributed by atoms with Crippen LogP contribution in [-0.2, 0) is 30.8 Å². The molecule has 2 N–H and O–H groups in total. The fraction of sp³-hybridized carbons (Fsp3) is 0.366. The fourth-order valence-corrected chi connectivity index (χ4v) is 8.84. The van der Waals surface area contributed by atoms with Crippen LogP contribution in [0.25, 0.3) is 22.2 Å². The summed E-state index contributed by atoms with van der Waals surface area (Å²) < 4.78 is 41.6. The second-order valence-electron chi connectivity index (χ2n) is 14.1. The molecule has 4 aromatic rings. The molecule has 7 rings (SSSR count). The minimum Gasteiger partial charge on any atom is -0.497 e. The van der Waals surface area contributed by atoms with Crippen molar-refractivity contribution in [3.63, 3.8) is 0 Å². The molecule has 1 saturated carbocycles. The van der Waals surface area contributed by atoms with Crippen molar-refractivity contribution in [3.05, 3.63) is 96.6 Å². The zero-order valence-electron chi connectivity index (χ0n) is 29.9. The summed E-state index contributed by atoms with van der Waals surface area (Å²) in [7, 11) is -2.64. The molecule has 3 heterocycles. The van der Waals surface area contributed by atoms with Gasteiger partial charge in [-0.25, -0.2) is 18.1 Å². The van der Waals surface area contributed by atoms with Crippen LogP contribution >= 0.6 is 0 Å². The molecule has 2 fully saturated rings. The van der Waals surface area contributed by atoms with E-state index in [-0.39, 0.29) is 30.2 Å². The van der Waals surface area contributed by atoms with E-state index in [4.69, 9.17) is 14.5 Å². The van der Waals surface area contributed by atoms with Crippen LogP contribution in [0.2, 0.25) is 0 Å². The number of hydrogen-bond acceptors (Lipinski definition) is 8. The number of carbonyl (C=O) groups is 3. The largest absolute Gasteiger partial charge is 0.497 e. The Morgan fingerprint density at radius 2 is 1.75 bits per heavy atom. The number of likely N-dealkylation sites (tertiary alicyclic amines) is 1. The Labute approximate surface area is 309 Å². The van der Waals surface area contributed by atoms with Crippen molar-refractivity contribution in [2.45, 2.75) is 80.9 Å². The van der Waals surface area contributed by atoms with E-state index in [0.717, 1.165) is 43.1 Å². The van der Waals surface area contributed by atoms with Crippen LogP contribution in [0.15, 0.2) is 95.9 Å². The summed E-state index contributed by atoms with van der Waals surface area (Å²) in [5.41, 5.74) is 1.42. The fourth-order valence-electron chi connectivity index (χ4n) is 7.53. The standard InChI is InChI=1S/C41H44N4O7S/c1-27(46)45-26-32(52-37-24-34(28-14-9-7-10-15-28)42-35-22-31(51-2)20-21-33(35)37)23-36(45)39(47)43-41-25-30(41)18-11-6-4-3-5-8-16-29-17-12-13-19-38(29)53(49,50)44-40(41)48/h7,9-15,17-22,24,30,32,36H,3-6,8,16,23,25-26H2,1-2H3,(H,43,47)(H,44,48)/b18-11-/t30-,32+,36-,41+/m0/s1. The number of allylic oxidation sites excluding steroid dienone is 1. The number of nitrogens with zero attached hydrogens (tertiary/aromatic N) is 2. The maximum atomic E-state index is 14.2. The van der Waals surface area contributed by atoms with Crippen LogP contribution in [0.3, 0.4) is 0 Å². The zero-order valence-corrected chi connectivity index (χ0v) is 30.7. The summed E-state index contributed by atoms with van der Waals surface area (Å²) in [5.74, 6) is -0.870. The summed E-state index contributed by atoms with van der Waals surface area (Å²) in [6.45, 7) is 1.54. The highest BCUT2D eigenvalue weighted by atomic mass is 32.2. The third-order valence-corrected chi connectivity index (χ3v) is 11.9. The number of fused-ring (bicyclic) bond motifs is 3. The molecule has 0 bridgehead atoms. The van der Waals surface area contributed by atoms with Crippen molar-refractivity contribution in [2.24, 2.45) is 5.92 Å². The van der Waals surface area contributed by atoms with E-state index in [1.54, 1.807) is 25.3 Å². The molecule has 2 aliphatic heterocycles. The highest BCUT2D eigenvalue weighted by molar-refractivity contribution is 7.90. The smallest absolute Gasteiger partial charge is 0.264 e. The number of pyridine rings is 1. The van der Waals surface area contributed by atoms with Crippen molar-refractivity contribution in [1.82, 2.24) is 19.9 Å². The highest BCUT2D eigenvalue weighted by Gasteiger charge is 2.61. The van der Waals surface area contributed by atoms with Crippen LogP contribution in [-0.4, -0.2) is 67.4 Å². The SMILES string of the molecule is COc1ccc2c(O[C@@H]3C[C@@H](C(=O)N[C@]45C[C@@H]4/C=C\CCCCCCc4ccccc4S(=O)(=O)NC5=O)N(C(C)=O)C3)cc(-c3ccccc3)nc2c1. The van der Waals surface area contributed by atoms with Crippen LogP contribution in [0.1, 0.15) is 57.4 Å². The first-order valence-corrected chi connectivity index (χ1v) is 19.7. The zero-order chi connectivity index (χ0) is 37.2. The lowest BCUT2D eigenvalue weighted by molar-refractivity contribution is -0.138. The van der Waals surface area contributed by atoms with E-state index in [9.17, 15) is 22.8 Å². The van der Waals surface area contributed by atoms with Gasteiger partial charge in [0.05, 0.1) is 29.8 Å². The second-order valence-corrected chi connectivity index (χ2v) is 15.8. The van der Waals surface area contributed by atoms with Crippen LogP contribution in [0.5, 0.6) is 11.5 Å². The molecule has 1 saturated heterocycles. The molecule has 12 heteroatoms. The van der Waals surface area contributed by atoms with Crippen LogP contribution in [0.4, 0.5) is 0 Å². The van der Waals surface area contributed by atoms with Gasteiger partial charge < -0.3 is 19.7 Å². The van der Waals surface area contributed by atoms with Crippen LogP contribution < -0.4 is 19.5 Å². The summed E-state index contributed by atoms with van der Waals surface area (Å²) in [4.78, 5) is 47.5. The minimum absolute atomic E-state index is 0.0634. The third kappa shape index (κ3) is 7.64. The molecule has 0 unspecified atom stereocenters. The number of ether oxygens (including phenoxy) is 2. The Morgan fingerprint density at radius 3 is 2.55 bits per heavy atom. The maximum absolute atomic E-state index is 14.2. The van der Waals surface area contributed by atoms with Crippen molar-refractivity contribution >= 4 is 38.6 Å². The first-order chi connectivity index (χ1) is 25.6. The highest BCUT2D eigenvalue weighted by Crippen LogP contribution is 2.46. The number of carbonyl (C=O) groups excluding carboxylic acids is 3. The van der Waals surface area contributed by atoms with Gasteiger partial charge in [0.1, 0.15) is 29.2 Å². The molecule has 4 atom stereocenters. The molecule has 0 radical (unpaired) electrons. The Kier molecular flexibility index (Phi) is 10.2. The van der Waals surface area contributed by atoms with Gasteiger partial charge in [0.2, 0.25) is 11.8 Å². The normalized spacial score (nSPS) is 24.8. The Balaban J connectivity index is 1.15. The van der Waals surface area contributed by atoms with E-state index in [1.807, 2.05) is 66.7 Å². The van der Waals surface area contributed by atoms with Gasteiger partial charge in [-0.1, -0.05) is 73.5 Å². The molecule has 3 amide bonds. The van der Waals surface area contributed by atoms with E-state index in [0.29, 0.717) is 34.7 Å². The second kappa shape index (κ2) is 15.0. The average molecular weight is 737 g/mol. The molecular weight excluding hydrogens is 693 g/mol. The third-order valence-electron chi connectivity index (χ3n) is 10.5. The van der Waals surface area contributed by atoms with E-state index >= 15 is 0 Å². The lowest BCUT2D eigenvalue weighted by Gasteiger charge is -2.25. The van der Waals surface area contributed by atoms with Gasteiger partial charge in [-0.05, 0) is 55.9 Å². The van der Waals surface area contributed by atoms with E-state index < -0.39 is 45.4 Å². The number of methoxy groups -OCH3 is 1. The number of benzene rings is 3. The quantitative estimate of drug-likeness (QED) is 0.239. The first-order valence-electron chi connectivity index (χ1n) is 18.2. The molecule has 53 heavy (non-hydrogen) atoms. The van der Waals surface area contributed by atoms with Crippen LogP contribution in [0, 0.1) is 5.92 Å². The van der Waals surface area contributed by atoms with Gasteiger partial charge in [0.25, 0.3) is 15.9 Å². The first kappa shape index (κ1) is 36.1. The Bertz CT molecular complexity index is 2170. The molecule has 11 nitrogen and oxygen atoms in total. The van der Waals surface area contributed by atoms with Crippen molar-refractivity contribution in [3.8, 4) is 22.8 Å². The predicted octanol–water partition coefficient (Wildman–Crippen LogP) is 5.72. The molecule has 3 aliphatic rings. The minimum atomic E-state index is -4.23. The summed E-state index contributed by atoms with van der Waals surface area (Å²) >= 11 is 0. The van der Waals surface area contributed by atoms with Gasteiger partial charge in [0, 0.05) is 42.3 Å². The number of nitrogens with one attached hydrogen (secondary N) is 2. The Morgan fingerprint density at radius 1 is 0.981 bits per heavy atom. The molecule has 0 spiro atoms. The topological polar surface area (TPSA) is 144 Å². The molecule has 1 aromatic heterocycles. The van der Waals surface area contributed by atoms with Crippen molar-refractivity contribution in [2.75, 3.05) is 13.7 Å². The summed E-state index contributed by atoms with van der Waals surface area (Å²) in [5, 5.41) is 3.66. The van der Waals surface area contributed by atoms with E-state index in [1.165, 1.54) is 17.9 Å². The molecular formula is C41H44N4O7S. The number of aryl methyl sites for hydroxylation is 1. The van der Waals surface area contributed by atoms with Gasteiger partial charge in [-0.15, -0.1) is 0 Å². The van der Waals surface area contributed by atoms with E-state index in [2.05, 4.69) is 10.0 Å². The molecule has 3 aromatic carbocycles. The average Bonchev–Trinajstić information content (AvgIpc) is 3.68. The van der Waals surface area contributed by atoms with Gasteiger partial charge in [-0.2, -0.15) is 0 Å². The lowest BCUT2D eigenvalue weighted by atomic mass is 10.0. The number of amides is 3. The molecule has 1 aliphatic carbocycles. The monoisotopic (exact) mass is 736 g/mol. The number of rotatable bonds is 6. The van der Waals surface area contributed by atoms with Gasteiger partial charge in [-0.3, -0.25) is 14.4 Å². The number of hydrogen-bond donors (Lipinski definition) is 2. The van der Waals surface area contributed by atoms with Crippen molar-refractivity contribution in [1.29, 1.82) is 0 Å². The summed E-state index contributed by atoms with van der Waals surface area (Å²) in [6.07, 6.45) is 8.93. The summed E-state index contributed by atoms with van der Waals surface area (Å²) in [6, 6.07) is 22.9. The number of sulfonamides is 1.